The van der Waals surface area contributed by atoms with Gasteiger partial charge in [-0.05, 0) is 25.5 Å². The first-order valence-corrected chi connectivity index (χ1v) is 7.16. The normalized spacial score (nSPS) is 13.6. The maximum Gasteiger partial charge on any atom is 0.249 e. The summed E-state index contributed by atoms with van der Waals surface area (Å²) in [6.07, 6.45) is 1.43. The topological polar surface area (TPSA) is 94.0 Å². The van der Waals surface area contributed by atoms with Crippen LogP contribution in [0.15, 0.2) is 28.8 Å². The highest BCUT2D eigenvalue weighted by molar-refractivity contribution is 5.81. The summed E-state index contributed by atoms with van der Waals surface area (Å²) in [6.45, 7) is 3.68. The largest absolute Gasteiger partial charge is 0.343 e. The number of hydrogen-bond acceptors (Lipinski definition) is 5. The van der Waals surface area contributed by atoms with E-state index in [2.05, 4.69) is 15.5 Å². The molecule has 2 aromatic rings. The van der Waals surface area contributed by atoms with Crippen LogP contribution in [0, 0.1) is 5.82 Å². The van der Waals surface area contributed by atoms with Crippen molar-refractivity contribution >= 4 is 5.91 Å². The summed E-state index contributed by atoms with van der Waals surface area (Å²) in [5.41, 5.74) is 6.26. The quantitative estimate of drug-likeness (QED) is 0.853. The Morgan fingerprint density at radius 2 is 2.27 bits per heavy atom. The molecule has 6 nitrogen and oxygen atoms in total. The van der Waals surface area contributed by atoms with Crippen LogP contribution in [0.1, 0.15) is 38.6 Å². The average molecular weight is 306 g/mol. The van der Waals surface area contributed by atoms with E-state index < -0.39 is 12.1 Å². The molecule has 2 unspecified atom stereocenters. The predicted molar refractivity (Wildman–Crippen MR) is 79.1 cm³/mol. The molecule has 0 radical (unpaired) electrons. The summed E-state index contributed by atoms with van der Waals surface area (Å²) in [7, 11) is 0. The zero-order chi connectivity index (χ0) is 16.1. The summed E-state index contributed by atoms with van der Waals surface area (Å²) < 4.78 is 18.3. The Bertz CT molecular complexity index is 644. The summed E-state index contributed by atoms with van der Waals surface area (Å²) in [5, 5.41) is 6.52. The maximum absolute atomic E-state index is 13.2. The van der Waals surface area contributed by atoms with Crippen LogP contribution in [-0.4, -0.2) is 22.1 Å². The van der Waals surface area contributed by atoms with Crippen molar-refractivity contribution in [3.05, 3.63) is 36.0 Å². The van der Waals surface area contributed by atoms with E-state index in [1.54, 1.807) is 19.1 Å². The van der Waals surface area contributed by atoms with Crippen molar-refractivity contribution in [3.8, 4) is 11.4 Å². The fraction of sp³-hybridized carbons (Fsp3) is 0.400. The number of nitrogens with two attached hydrogens (primary N) is 1. The first kappa shape index (κ1) is 16.1. The number of halogens is 1. The van der Waals surface area contributed by atoms with E-state index in [4.69, 9.17) is 10.3 Å². The monoisotopic (exact) mass is 306 g/mol. The third kappa shape index (κ3) is 3.88. The molecule has 1 amide bonds. The number of hydrogen-bond donors (Lipinski definition) is 2. The molecular formula is C15H19FN4O2. The number of rotatable bonds is 6. The molecule has 0 aliphatic carbocycles. The van der Waals surface area contributed by atoms with Gasteiger partial charge in [0.1, 0.15) is 11.9 Å². The van der Waals surface area contributed by atoms with Crippen LogP contribution in [0.4, 0.5) is 4.39 Å². The lowest BCUT2D eigenvalue weighted by atomic mass is 10.1. The van der Waals surface area contributed by atoms with E-state index >= 15 is 0 Å². The zero-order valence-corrected chi connectivity index (χ0v) is 12.5. The van der Waals surface area contributed by atoms with Crippen LogP contribution in [0.25, 0.3) is 11.4 Å². The van der Waals surface area contributed by atoms with Gasteiger partial charge in [0.15, 0.2) is 0 Å². The minimum absolute atomic E-state index is 0.247. The Morgan fingerprint density at radius 1 is 1.50 bits per heavy atom. The van der Waals surface area contributed by atoms with E-state index in [0.717, 1.165) is 6.42 Å². The molecule has 1 aromatic heterocycles. The molecular weight excluding hydrogens is 287 g/mol. The molecule has 0 saturated carbocycles. The third-order valence-electron chi connectivity index (χ3n) is 3.19. The van der Waals surface area contributed by atoms with E-state index in [-0.39, 0.29) is 23.4 Å². The molecule has 2 rings (SSSR count). The van der Waals surface area contributed by atoms with Gasteiger partial charge in [-0.25, -0.2) is 4.39 Å². The fourth-order valence-corrected chi connectivity index (χ4v) is 1.98. The molecule has 0 saturated heterocycles. The molecule has 118 valence electrons. The highest BCUT2D eigenvalue weighted by atomic mass is 19.1. The molecule has 2 atom stereocenters. The van der Waals surface area contributed by atoms with Crippen molar-refractivity contribution in [2.75, 3.05) is 0 Å². The van der Waals surface area contributed by atoms with E-state index in [9.17, 15) is 9.18 Å². The van der Waals surface area contributed by atoms with Gasteiger partial charge in [-0.1, -0.05) is 30.6 Å². The average Bonchev–Trinajstić information content (AvgIpc) is 2.97. The van der Waals surface area contributed by atoms with Crippen molar-refractivity contribution in [1.82, 2.24) is 15.5 Å². The van der Waals surface area contributed by atoms with Crippen LogP contribution >= 0.6 is 0 Å². The molecule has 22 heavy (non-hydrogen) atoms. The Labute approximate surface area is 127 Å². The van der Waals surface area contributed by atoms with Gasteiger partial charge in [-0.3, -0.25) is 4.79 Å². The number of nitrogens with zero attached hydrogens (tertiary/aromatic N) is 2. The van der Waals surface area contributed by atoms with Crippen LogP contribution in [0.3, 0.4) is 0 Å². The Morgan fingerprint density at radius 3 is 2.95 bits per heavy atom. The number of carbonyl (C=O) groups excluding carboxylic acids is 1. The van der Waals surface area contributed by atoms with Gasteiger partial charge < -0.3 is 15.6 Å². The third-order valence-corrected chi connectivity index (χ3v) is 3.19. The Balaban J connectivity index is 2.06. The SMILES string of the molecule is CCCC(N)C(=O)NC(C)c1nc(-c2cccc(F)c2)no1. The number of amides is 1. The predicted octanol–water partition coefficient (Wildman–Crippen LogP) is 2.18. The van der Waals surface area contributed by atoms with Gasteiger partial charge in [0.25, 0.3) is 0 Å². The van der Waals surface area contributed by atoms with Crippen LogP contribution < -0.4 is 11.1 Å². The molecule has 0 aliphatic heterocycles. The number of nitrogens with one attached hydrogen (secondary N) is 1. The number of aromatic nitrogens is 2. The van der Waals surface area contributed by atoms with Gasteiger partial charge in [0, 0.05) is 5.56 Å². The van der Waals surface area contributed by atoms with Crippen molar-refractivity contribution in [2.45, 2.75) is 38.8 Å². The van der Waals surface area contributed by atoms with Crippen molar-refractivity contribution in [1.29, 1.82) is 0 Å². The molecule has 0 fully saturated rings. The summed E-state index contributed by atoms with van der Waals surface area (Å²) in [5.74, 6) is -0.125. The summed E-state index contributed by atoms with van der Waals surface area (Å²) in [6, 6.07) is 4.87. The van der Waals surface area contributed by atoms with E-state index in [0.29, 0.717) is 12.0 Å². The van der Waals surface area contributed by atoms with Crippen LogP contribution in [0.5, 0.6) is 0 Å². The highest BCUT2D eigenvalue weighted by Gasteiger charge is 2.20. The van der Waals surface area contributed by atoms with Crippen LogP contribution in [0.2, 0.25) is 0 Å². The minimum atomic E-state index is -0.557. The van der Waals surface area contributed by atoms with Crippen molar-refractivity contribution in [2.24, 2.45) is 5.73 Å². The van der Waals surface area contributed by atoms with Crippen molar-refractivity contribution < 1.29 is 13.7 Å². The smallest absolute Gasteiger partial charge is 0.249 e. The summed E-state index contributed by atoms with van der Waals surface area (Å²) >= 11 is 0. The maximum atomic E-state index is 13.2. The fourth-order valence-electron chi connectivity index (χ4n) is 1.98. The minimum Gasteiger partial charge on any atom is -0.343 e. The van der Waals surface area contributed by atoms with Gasteiger partial charge in [0.2, 0.25) is 17.6 Å². The van der Waals surface area contributed by atoms with E-state index in [1.165, 1.54) is 12.1 Å². The van der Waals surface area contributed by atoms with Gasteiger partial charge in [-0.2, -0.15) is 4.98 Å². The lowest BCUT2D eigenvalue weighted by Gasteiger charge is -2.14. The lowest BCUT2D eigenvalue weighted by Crippen LogP contribution is -2.41. The second-order valence-electron chi connectivity index (χ2n) is 5.09. The van der Waals surface area contributed by atoms with Crippen molar-refractivity contribution in [3.63, 3.8) is 0 Å². The van der Waals surface area contributed by atoms with Gasteiger partial charge >= 0.3 is 0 Å². The lowest BCUT2D eigenvalue weighted by molar-refractivity contribution is -0.123. The molecule has 1 heterocycles. The zero-order valence-electron chi connectivity index (χ0n) is 12.5. The first-order valence-electron chi connectivity index (χ1n) is 7.16. The molecule has 0 bridgehead atoms. The second kappa shape index (κ2) is 7.13. The Hall–Kier alpha value is -2.28. The van der Waals surface area contributed by atoms with E-state index in [1.807, 2.05) is 6.92 Å². The summed E-state index contributed by atoms with van der Waals surface area (Å²) in [4.78, 5) is 16.0. The highest BCUT2D eigenvalue weighted by Crippen LogP contribution is 2.19. The molecule has 0 spiro atoms. The Kier molecular flexibility index (Phi) is 5.21. The standard InChI is InChI=1S/C15H19FN4O2/c1-3-5-12(17)14(21)18-9(2)15-19-13(20-22-15)10-6-4-7-11(16)8-10/h4,6-9,12H,3,5,17H2,1-2H3,(H,18,21). The van der Waals surface area contributed by atoms with Gasteiger partial charge in [0.05, 0.1) is 6.04 Å². The van der Waals surface area contributed by atoms with Gasteiger partial charge in [-0.15, -0.1) is 0 Å². The number of carbonyl (C=O) groups is 1. The molecule has 1 aromatic carbocycles. The second-order valence-corrected chi connectivity index (χ2v) is 5.09. The molecule has 3 N–H and O–H groups in total. The first-order chi connectivity index (χ1) is 10.5. The molecule has 0 aliphatic rings. The van der Waals surface area contributed by atoms with Crippen LogP contribution in [-0.2, 0) is 4.79 Å². The molecule has 7 heteroatoms. The number of benzene rings is 1.